The van der Waals surface area contributed by atoms with Gasteiger partial charge in [0.1, 0.15) is 8.97 Å². The lowest BCUT2D eigenvalue weighted by atomic mass is 10.3. The van der Waals surface area contributed by atoms with E-state index >= 15 is 0 Å². The fourth-order valence-electron chi connectivity index (χ4n) is 1.12. The Bertz CT molecular complexity index is 644. The number of non-ortho nitro benzene ring substituents is 1. The second kappa shape index (κ2) is 8.00. The van der Waals surface area contributed by atoms with Gasteiger partial charge in [-0.2, -0.15) is 0 Å². The van der Waals surface area contributed by atoms with Crippen LogP contribution in [0.5, 0.6) is 0 Å². The third-order valence-corrected chi connectivity index (χ3v) is 4.57. The van der Waals surface area contributed by atoms with Gasteiger partial charge in [0.05, 0.1) is 9.85 Å². The largest absolute Gasteiger partial charge is 0.315 e. The second-order valence-electron chi connectivity index (χ2n) is 3.31. The second-order valence-corrected chi connectivity index (χ2v) is 7.00. The molecular formula is C10H4BrCl3N2O4S. The number of hydrogen-bond acceptors (Lipinski definition) is 5. The van der Waals surface area contributed by atoms with Crippen LogP contribution in [0.25, 0.3) is 0 Å². The summed E-state index contributed by atoms with van der Waals surface area (Å²) in [5, 5.41) is 21.2. The zero-order chi connectivity index (χ0) is 16.2. The van der Waals surface area contributed by atoms with Gasteiger partial charge in [-0.25, -0.2) is 0 Å². The molecule has 6 nitrogen and oxygen atoms in total. The van der Waals surface area contributed by atoms with Gasteiger partial charge >= 0.3 is 5.70 Å². The van der Waals surface area contributed by atoms with E-state index < -0.39 is 15.5 Å². The Kier molecular flexibility index (Phi) is 6.95. The number of thioether (sulfide) groups is 1. The zero-order valence-electron chi connectivity index (χ0n) is 9.76. The highest BCUT2D eigenvalue weighted by molar-refractivity contribution is 9.12. The van der Waals surface area contributed by atoms with Crippen molar-refractivity contribution >= 4 is 68.2 Å². The zero-order valence-corrected chi connectivity index (χ0v) is 14.4. The maximum Gasteiger partial charge on any atom is 0.315 e. The van der Waals surface area contributed by atoms with Crippen molar-refractivity contribution in [2.45, 2.75) is 4.90 Å². The van der Waals surface area contributed by atoms with E-state index in [4.69, 9.17) is 34.8 Å². The molecule has 1 aromatic rings. The topological polar surface area (TPSA) is 86.3 Å². The molecule has 0 bridgehead atoms. The fraction of sp³-hybridized carbons (Fsp3) is 0. The third-order valence-electron chi connectivity index (χ3n) is 2.00. The predicted octanol–water partition coefficient (Wildman–Crippen LogP) is 5.41. The van der Waals surface area contributed by atoms with E-state index in [9.17, 15) is 20.2 Å². The van der Waals surface area contributed by atoms with Crippen LogP contribution in [0.1, 0.15) is 0 Å². The van der Waals surface area contributed by atoms with Crippen molar-refractivity contribution in [1.29, 1.82) is 0 Å². The third kappa shape index (κ3) is 5.15. The Morgan fingerprint density at radius 3 is 2.00 bits per heavy atom. The molecule has 0 aromatic heterocycles. The molecule has 0 aliphatic rings. The predicted molar refractivity (Wildman–Crippen MR) is 86.5 cm³/mol. The maximum absolute atomic E-state index is 11.0. The number of nitro groups is 2. The van der Waals surface area contributed by atoms with E-state index in [1.807, 2.05) is 0 Å². The highest BCUT2D eigenvalue weighted by atomic mass is 79.9. The molecule has 1 rings (SSSR count). The van der Waals surface area contributed by atoms with E-state index in [2.05, 4.69) is 15.9 Å². The quantitative estimate of drug-likeness (QED) is 0.268. The summed E-state index contributed by atoms with van der Waals surface area (Å²) in [5.41, 5.74) is -0.668. The van der Waals surface area contributed by atoms with E-state index in [-0.39, 0.29) is 19.0 Å². The van der Waals surface area contributed by atoms with Crippen LogP contribution in [0.2, 0.25) is 0 Å². The summed E-state index contributed by atoms with van der Waals surface area (Å²) < 4.78 is -0.380. The normalized spacial score (nSPS) is 13.3. The van der Waals surface area contributed by atoms with Crippen molar-refractivity contribution in [3.8, 4) is 0 Å². The van der Waals surface area contributed by atoms with Gasteiger partial charge in [-0.1, -0.05) is 46.6 Å². The number of nitro benzene ring substituents is 1. The molecule has 0 saturated carbocycles. The molecule has 0 N–H and O–H groups in total. The Morgan fingerprint density at radius 1 is 1.10 bits per heavy atom. The molecule has 0 atom stereocenters. The molecule has 0 unspecified atom stereocenters. The highest BCUT2D eigenvalue weighted by Gasteiger charge is 2.24. The molecule has 0 aliphatic heterocycles. The number of allylic oxidation sites excluding steroid dienone is 1. The molecule has 0 amide bonds. The van der Waals surface area contributed by atoms with Crippen LogP contribution in [-0.2, 0) is 0 Å². The summed E-state index contributed by atoms with van der Waals surface area (Å²) in [5.74, 6) is 0. The standard InChI is InChI=1S/C10H4BrCl3N2O4S/c11-9(13)7(12)8(16(19)20)10(14)21-6-3-1-5(2-4-6)15(17)18/h1-4H/b9-7-,10-8-. The molecule has 0 spiro atoms. The first-order valence-electron chi connectivity index (χ1n) is 4.91. The van der Waals surface area contributed by atoms with Gasteiger partial charge in [0.2, 0.25) is 0 Å². The molecule has 1 aromatic carbocycles. The van der Waals surface area contributed by atoms with Crippen molar-refractivity contribution in [3.63, 3.8) is 0 Å². The molecule has 0 saturated heterocycles. The lowest BCUT2D eigenvalue weighted by Gasteiger charge is -2.02. The number of nitrogens with zero attached hydrogens (tertiary/aromatic N) is 2. The first-order chi connectivity index (χ1) is 9.73. The minimum absolute atomic E-state index is 0.101. The van der Waals surface area contributed by atoms with Crippen LogP contribution in [0, 0.1) is 20.2 Å². The van der Waals surface area contributed by atoms with Crippen molar-refractivity contribution in [3.05, 3.63) is 63.5 Å². The summed E-state index contributed by atoms with van der Waals surface area (Å²) in [6.45, 7) is 0. The lowest BCUT2D eigenvalue weighted by molar-refractivity contribution is -0.419. The van der Waals surface area contributed by atoms with Crippen LogP contribution in [0.15, 0.2) is 48.2 Å². The van der Waals surface area contributed by atoms with E-state index in [0.717, 1.165) is 11.8 Å². The lowest BCUT2D eigenvalue weighted by Crippen LogP contribution is -2.00. The Balaban J connectivity index is 3.13. The molecule has 21 heavy (non-hydrogen) atoms. The SMILES string of the molecule is O=[N+]([O-])C(=C(/Cl)Sc1ccc([N+](=O)[O-])cc1)/C(Cl)=C(/Cl)Br. The van der Waals surface area contributed by atoms with Crippen molar-refractivity contribution < 1.29 is 9.85 Å². The van der Waals surface area contributed by atoms with Crippen LogP contribution in [0.3, 0.4) is 0 Å². The van der Waals surface area contributed by atoms with Gasteiger partial charge < -0.3 is 0 Å². The van der Waals surface area contributed by atoms with Crippen LogP contribution >= 0.6 is 62.5 Å². The number of halogens is 4. The number of hydrogen-bond donors (Lipinski definition) is 0. The number of rotatable bonds is 5. The van der Waals surface area contributed by atoms with E-state index in [1.165, 1.54) is 24.3 Å². The average molecular weight is 434 g/mol. The summed E-state index contributed by atoms with van der Waals surface area (Å²) in [7, 11) is 0. The van der Waals surface area contributed by atoms with Crippen molar-refractivity contribution in [2.75, 3.05) is 0 Å². The minimum Gasteiger partial charge on any atom is -0.258 e. The monoisotopic (exact) mass is 432 g/mol. The fourth-order valence-corrected chi connectivity index (χ4v) is 2.84. The van der Waals surface area contributed by atoms with Gasteiger partial charge in [0.15, 0.2) is 4.36 Å². The van der Waals surface area contributed by atoms with Gasteiger partial charge in [0.25, 0.3) is 5.69 Å². The Morgan fingerprint density at radius 2 is 1.62 bits per heavy atom. The molecule has 0 radical (unpaired) electrons. The van der Waals surface area contributed by atoms with Crippen LogP contribution in [0.4, 0.5) is 5.69 Å². The van der Waals surface area contributed by atoms with E-state index in [0.29, 0.717) is 4.90 Å². The highest BCUT2D eigenvalue weighted by Crippen LogP contribution is 2.38. The summed E-state index contributed by atoms with van der Waals surface area (Å²) >= 11 is 20.8. The summed E-state index contributed by atoms with van der Waals surface area (Å²) in [4.78, 5) is 20.7. The van der Waals surface area contributed by atoms with Crippen molar-refractivity contribution in [2.24, 2.45) is 0 Å². The Hall–Kier alpha value is -0.800. The minimum atomic E-state index is -0.771. The maximum atomic E-state index is 11.0. The molecule has 0 aliphatic carbocycles. The van der Waals surface area contributed by atoms with E-state index in [1.54, 1.807) is 0 Å². The first-order valence-corrected chi connectivity index (χ1v) is 7.66. The summed E-state index contributed by atoms with van der Waals surface area (Å²) in [6, 6.07) is 5.34. The van der Waals surface area contributed by atoms with Crippen molar-refractivity contribution in [1.82, 2.24) is 0 Å². The van der Waals surface area contributed by atoms with Gasteiger partial charge in [-0.05, 0) is 28.1 Å². The van der Waals surface area contributed by atoms with Gasteiger partial charge in [-0.3, -0.25) is 20.2 Å². The molecule has 0 fully saturated rings. The van der Waals surface area contributed by atoms with Gasteiger partial charge in [0, 0.05) is 17.0 Å². The molecule has 11 heteroatoms. The Labute approximate surface area is 146 Å². The smallest absolute Gasteiger partial charge is 0.258 e. The van der Waals surface area contributed by atoms with Gasteiger partial charge in [-0.15, -0.1) is 0 Å². The average Bonchev–Trinajstić information content (AvgIpc) is 2.38. The van der Waals surface area contributed by atoms with Crippen LogP contribution in [-0.4, -0.2) is 9.85 Å². The van der Waals surface area contributed by atoms with Crippen LogP contribution < -0.4 is 0 Å². The summed E-state index contributed by atoms with van der Waals surface area (Å²) in [6.07, 6.45) is 0. The molecular weight excluding hydrogens is 430 g/mol. The molecule has 0 heterocycles. The molecule has 112 valence electrons. The first kappa shape index (κ1) is 18.2. The number of benzene rings is 1.